The van der Waals surface area contributed by atoms with Gasteiger partial charge in [0.05, 0.1) is 26.2 Å². The van der Waals surface area contributed by atoms with Crippen molar-refractivity contribution in [2.75, 3.05) is 26.2 Å². The maximum Gasteiger partial charge on any atom is 0.308 e. The van der Waals surface area contributed by atoms with Gasteiger partial charge in [-0.2, -0.15) is 0 Å². The van der Waals surface area contributed by atoms with Gasteiger partial charge >= 0.3 is 5.97 Å². The highest BCUT2D eigenvalue weighted by atomic mass is 16.5. The molecule has 1 aromatic carbocycles. The van der Waals surface area contributed by atoms with E-state index in [0.717, 1.165) is 0 Å². The van der Waals surface area contributed by atoms with Gasteiger partial charge in [0.25, 0.3) is 0 Å². The van der Waals surface area contributed by atoms with Crippen molar-refractivity contribution < 1.29 is 14.0 Å². The number of esters is 1. The molecule has 0 aliphatic carbocycles. The quantitative estimate of drug-likeness (QED) is 0.219. The fourth-order valence-corrected chi connectivity index (χ4v) is 3.30. The molecule has 1 rings (SSSR count). The summed E-state index contributed by atoms with van der Waals surface area (Å²) < 4.78 is 6.20. The highest BCUT2D eigenvalue weighted by Crippen LogP contribution is 2.16. The Morgan fingerprint density at radius 2 is 1.11 bits per heavy atom. The van der Waals surface area contributed by atoms with E-state index in [1.165, 1.54) is 89.0 Å². The molecule has 156 valence electrons. The van der Waals surface area contributed by atoms with Crippen LogP contribution in [0.3, 0.4) is 0 Å². The first-order valence-corrected chi connectivity index (χ1v) is 11.1. The van der Waals surface area contributed by atoms with Crippen LogP contribution >= 0.6 is 0 Å². The molecule has 0 radical (unpaired) electrons. The number of para-hydroxylation sites is 1. The molecule has 1 aromatic rings. The standard InChI is InChI=1S/C16H36N.C8H8O2/c1-5-9-13-17(14-10-6-2,15-11-7-3)16-12-8-4;1-7(9)10-8-5-3-2-4-6-8/h5-16H2,1-4H3;2-6H,1H3/q+1;. The second-order valence-corrected chi connectivity index (χ2v) is 7.56. The van der Waals surface area contributed by atoms with Crippen molar-refractivity contribution in [2.24, 2.45) is 0 Å². The highest BCUT2D eigenvalue weighted by molar-refractivity contribution is 5.69. The van der Waals surface area contributed by atoms with E-state index in [9.17, 15) is 4.79 Å². The number of hydrogen-bond donors (Lipinski definition) is 0. The van der Waals surface area contributed by atoms with Crippen molar-refractivity contribution >= 4 is 5.97 Å². The maximum atomic E-state index is 10.4. The summed E-state index contributed by atoms with van der Waals surface area (Å²) in [5, 5.41) is 0. The van der Waals surface area contributed by atoms with Gasteiger partial charge in [0.2, 0.25) is 0 Å². The highest BCUT2D eigenvalue weighted by Gasteiger charge is 2.24. The molecular formula is C24H44NO2+. The first-order valence-electron chi connectivity index (χ1n) is 11.1. The van der Waals surface area contributed by atoms with Crippen molar-refractivity contribution in [2.45, 2.75) is 86.0 Å². The number of quaternary nitrogens is 1. The Morgan fingerprint density at radius 1 is 0.741 bits per heavy atom. The van der Waals surface area contributed by atoms with E-state index in [4.69, 9.17) is 4.74 Å². The van der Waals surface area contributed by atoms with Gasteiger partial charge in [0, 0.05) is 6.92 Å². The van der Waals surface area contributed by atoms with Crippen molar-refractivity contribution in [1.82, 2.24) is 0 Å². The number of rotatable bonds is 13. The van der Waals surface area contributed by atoms with Crippen LogP contribution in [0, 0.1) is 0 Å². The van der Waals surface area contributed by atoms with E-state index in [-0.39, 0.29) is 5.97 Å². The fourth-order valence-electron chi connectivity index (χ4n) is 3.30. The van der Waals surface area contributed by atoms with Gasteiger partial charge in [-0.3, -0.25) is 4.79 Å². The summed E-state index contributed by atoms with van der Waals surface area (Å²) in [6, 6.07) is 8.98. The summed E-state index contributed by atoms with van der Waals surface area (Å²) in [5.74, 6) is 0.307. The van der Waals surface area contributed by atoms with Gasteiger partial charge in [-0.05, 0) is 37.8 Å². The van der Waals surface area contributed by atoms with E-state index in [1.807, 2.05) is 18.2 Å². The van der Waals surface area contributed by atoms with Crippen molar-refractivity contribution in [3.05, 3.63) is 30.3 Å². The molecule has 0 aliphatic heterocycles. The summed E-state index contributed by atoms with van der Waals surface area (Å²) in [6.07, 6.45) is 11.1. The van der Waals surface area contributed by atoms with E-state index in [1.54, 1.807) is 12.1 Å². The molecule has 0 fully saturated rings. The predicted octanol–water partition coefficient (Wildman–Crippen LogP) is 6.62. The normalized spacial score (nSPS) is 10.9. The predicted molar refractivity (Wildman–Crippen MR) is 117 cm³/mol. The third kappa shape index (κ3) is 13.5. The van der Waals surface area contributed by atoms with E-state index >= 15 is 0 Å². The minimum Gasteiger partial charge on any atom is -0.427 e. The summed E-state index contributed by atoms with van der Waals surface area (Å²) in [5.41, 5.74) is 0. The number of nitrogens with zero attached hydrogens (tertiary/aromatic N) is 1. The zero-order valence-corrected chi connectivity index (χ0v) is 18.6. The fraction of sp³-hybridized carbons (Fsp3) is 0.708. The Balaban J connectivity index is 0.000000569. The Labute approximate surface area is 168 Å². The molecule has 0 heterocycles. The van der Waals surface area contributed by atoms with Crippen LogP contribution in [-0.4, -0.2) is 36.6 Å². The molecule has 0 unspecified atom stereocenters. The van der Waals surface area contributed by atoms with Crippen LogP contribution < -0.4 is 4.74 Å². The maximum absolute atomic E-state index is 10.4. The largest absolute Gasteiger partial charge is 0.427 e. The molecule has 0 amide bonds. The van der Waals surface area contributed by atoms with Gasteiger partial charge in [-0.25, -0.2) is 0 Å². The van der Waals surface area contributed by atoms with Crippen LogP contribution in [0.25, 0.3) is 0 Å². The molecule has 0 bridgehead atoms. The number of carbonyl (C=O) groups excluding carboxylic acids is 1. The molecule has 0 aliphatic rings. The number of ether oxygens (including phenoxy) is 1. The molecule has 0 atom stereocenters. The smallest absolute Gasteiger partial charge is 0.308 e. The minimum absolute atomic E-state index is 0.286. The van der Waals surface area contributed by atoms with Gasteiger partial charge in [0.15, 0.2) is 0 Å². The lowest BCUT2D eigenvalue weighted by atomic mass is 10.1. The van der Waals surface area contributed by atoms with Crippen molar-refractivity contribution in [1.29, 1.82) is 0 Å². The van der Waals surface area contributed by atoms with Gasteiger partial charge < -0.3 is 9.22 Å². The van der Waals surface area contributed by atoms with Gasteiger partial charge in [-0.15, -0.1) is 0 Å². The average molecular weight is 379 g/mol. The Morgan fingerprint density at radius 3 is 1.41 bits per heavy atom. The Kier molecular flexibility index (Phi) is 16.0. The molecule has 27 heavy (non-hydrogen) atoms. The molecule has 0 spiro atoms. The third-order valence-corrected chi connectivity index (χ3v) is 4.95. The minimum atomic E-state index is -0.286. The van der Waals surface area contributed by atoms with Crippen LogP contribution in [-0.2, 0) is 4.79 Å². The molecule has 3 heteroatoms. The molecule has 0 aromatic heterocycles. The molecule has 0 saturated heterocycles. The lowest BCUT2D eigenvalue weighted by molar-refractivity contribution is -0.929. The van der Waals surface area contributed by atoms with Crippen LogP contribution in [0.5, 0.6) is 5.75 Å². The van der Waals surface area contributed by atoms with Crippen molar-refractivity contribution in [3.8, 4) is 5.75 Å². The molecule has 3 nitrogen and oxygen atoms in total. The molecular weight excluding hydrogens is 334 g/mol. The van der Waals surface area contributed by atoms with Crippen LogP contribution in [0.1, 0.15) is 86.0 Å². The zero-order valence-electron chi connectivity index (χ0n) is 18.6. The summed E-state index contributed by atoms with van der Waals surface area (Å²) in [6.45, 7) is 16.4. The van der Waals surface area contributed by atoms with Crippen LogP contribution in [0.4, 0.5) is 0 Å². The Bertz CT molecular complexity index is 421. The van der Waals surface area contributed by atoms with E-state index in [0.29, 0.717) is 5.75 Å². The number of benzene rings is 1. The van der Waals surface area contributed by atoms with E-state index < -0.39 is 0 Å². The topological polar surface area (TPSA) is 26.3 Å². The second kappa shape index (κ2) is 16.8. The summed E-state index contributed by atoms with van der Waals surface area (Å²) in [7, 11) is 0. The first-order chi connectivity index (χ1) is 13.0. The summed E-state index contributed by atoms with van der Waals surface area (Å²) in [4.78, 5) is 10.4. The summed E-state index contributed by atoms with van der Waals surface area (Å²) >= 11 is 0. The zero-order chi connectivity index (χ0) is 20.4. The lowest BCUT2D eigenvalue weighted by Crippen LogP contribution is -2.50. The van der Waals surface area contributed by atoms with Crippen molar-refractivity contribution in [3.63, 3.8) is 0 Å². The monoisotopic (exact) mass is 378 g/mol. The number of unbranched alkanes of at least 4 members (excludes halogenated alkanes) is 4. The van der Waals surface area contributed by atoms with E-state index in [2.05, 4.69) is 27.7 Å². The SMILES string of the molecule is CC(=O)Oc1ccccc1.CCCC[N+](CCCC)(CCCC)CCCC. The van der Waals surface area contributed by atoms with Gasteiger partial charge in [0.1, 0.15) is 5.75 Å². The molecule has 0 saturated carbocycles. The lowest BCUT2D eigenvalue weighted by Gasteiger charge is -2.39. The Hall–Kier alpha value is -1.35. The van der Waals surface area contributed by atoms with Crippen LogP contribution in [0.2, 0.25) is 0 Å². The first kappa shape index (κ1) is 25.6. The van der Waals surface area contributed by atoms with Crippen LogP contribution in [0.15, 0.2) is 30.3 Å². The molecule has 0 N–H and O–H groups in total. The number of hydrogen-bond acceptors (Lipinski definition) is 2. The van der Waals surface area contributed by atoms with Gasteiger partial charge in [-0.1, -0.05) is 71.6 Å². The average Bonchev–Trinajstić information content (AvgIpc) is 2.68. The third-order valence-electron chi connectivity index (χ3n) is 4.95. The number of carbonyl (C=O) groups is 1. The second-order valence-electron chi connectivity index (χ2n) is 7.56.